The minimum atomic E-state index is -0.0478. The number of nitrogens with zero attached hydrogens (tertiary/aromatic N) is 2. The van der Waals surface area contributed by atoms with Gasteiger partial charge >= 0.3 is 0 Å². The molecule has 6 heteroatoms. The lowest BCUT2D eigenvalue weighted by Crippen LogP contribution is -2.40. The summed E-state index contributed by atoms with van der Waals surface area (Å²) in [4.78, 5) is 18.3. The molecule has 0 bridgehead atoms. The fraction of sp³-hybridized carbons (Fsp3) is 0.444. The van der Waals surface area contributed by atoms with Gasteiger partial charge in [0.25, 0.3) is 5.91 Å². The number of aliphatic imine (C=N–C) groups is 1. The Morgan fingerprint density at radius 2 is 1.92 bits per heavy atom. The van der Waals surface area contributed by atoms with Crippen molar-refractivity contribution in [3.05, 3.63) is 47.0 Å². The summed E-state index contributed by atoms with van der Waals surface area (Å²) in [6.07, 6.45) is 4.83. The molecule has 1 aromatic carbocycles. The number of hydrogen-bond donors (Lipinski definition) is 2. The van der Waals surface area contributed by atoms with Crippen LogP contribution in [0.4, 0.5) is 0 Å². The van der Waals surface area contributed by atoms with Crippen molar-refractivity contribution in [2.45, 2.75) is 19.3 Å². The average Bonchev–Trinajstić information content (AvgIpc) is 2.58. The predicted molar refractivity (Wildman–Crippen MR) is 105 cm³/mol. The fourth-order valence-corrected chi connectivity index (χ4v) is 2.42. The Morgan fingerprint density at radius 1 is 1.25 bits per heavy atom. The van der Waals surface area contributed by atoms with Crippen molar-refractivity contribution in [3.63, 3.8) is 0 Å². The van der Waals surface area contributed by atoms with E-state index in [1.807, 2.05) is 25.3 Å². The quantitative estimate of drug-likeness (QED) is 0.293. The number of benzene rings is 1. The first-order valence-corrected chi connectivity index (χ1v) is 8.94. The number of guanidine groups is 1. The summed E-state index contributed by atoms with van der Waals surface area (Å²) < 4.78 is 0.965. The van der Waals surface area contributed by atoms with E-state index in [2.05, 4.69) is 43.0 Å². The van der Waals surface area contributed by atoms with Gasteiger partial charge in [0.1, 0.15) is 0 Å². The molecule has 0 unspecified atom stereocenters. The van der Waals surface area contributed by atoms with Gasteiger partial charge in [0.15, 0.2) is 5.96 Å². The molecule has 1 aromatic rings. The van der Waals surface area contributed by atoms with Crippen LogP contribution in [-0.4, -0.2) is 50.5 Å². The maximum Gasteiger partial charge on any atom is 0.251 e. The summed E-state index contributed by atoms with van der Waals surface area (Å²) in [6.45, 7) is 6.06. The second kappa shape index (κ2) is 11.7. The van der Waals surface area contributed by atoms with Crippen LogP contribution in [0.1, 0.15) is 29.6 Å². The summed E-state index contributed by atoms with van der Waals surface area (Å²) in [5.74, 6) is 0.826. The van der Waals surface area contributed by atoms with Gasteiger partial charge in [-0.25, -0.2) is 0 Å². The molecule has 0 aliphatic rings. The molecule has 24 heavy (non-hydrogen) atoms. The van der Waals surface area contributed by atoms with Crippen LogP contribution in [-0.2, 0) is 0 Å². The Kier molecular flexibility index (Phi) is 9.84. The number of unbranched alkanes of at least 4 members (excludes halogenated alkanes) is 1. The highest BCUT2D eigenvalue weighted by molar-refractivity contribution is 9.10. The van der Waals surface area contributed by atoms with Crippen molar-refractivity contribution in [3.8, 4) is 0 Å². The molecule has 0 radical (unpaired) electrons. The third-order valence-corrected chi connectivity index (χ3v) is 4.03. The standard InChI is InChI=1S/C18H27BrN4O/c1-4-5-6-14-23(3)18(20-2)22-13-7-12-21-17(24)15-8-10-16(19)11-9-15/h4,8-11H,1,5-7,12-14H2,2-3H3,(H,20,22)(H,21,24). The summed E-state index contributed by atoms with van der Waals surface area (Å²) in [5.41, 5.74) is 0.670. The van der Waals surface area contributed by atoms with Crippen LogP contribution in [0.3, 0.4) is 0 Å². The van der Waals surface area contributed by atoms with E-state index >= 15 is 0 Å². The molecule has 132 valence electrons. The molecule has 0 spiro atoms. The molecule has 0 atom stereocenters. The largest absolute Gasteiger partial charge is 0.356 e. The smallest absolute Gasteiger partial charge is 0.251 e. The molecule has 2 N–H and O–H groups in total. The minimum absolute atomic E-state index is 0.0478. The van der Waals surface area contributed by atoms with Gasteiger partial charge in [-0.15, -0.1) is 6.58 Å². The maximum absolute atomic E-state index is 12.0. The first-order valence-electron chi connectivity index (χ1n) is 8.15. The van der Waals surface area contributed by atoms with Crippen molar-refractivity contribution >= 4 is 27.8 Å². The number of carbonyl (C=O) groups excluding carboxylic acids is 1. The number of amides is 1. The van der Waals surface area contributed by atoms with E-state index < -0.39 is 0 Å². The molecule has 0 heterocycles. The summed E-state index contributed by atoms with van der Waals surface area (Å²) >= 11 is 3.36. The summed E-state index contributed by atoms with van der Waals surface area (Å²) in [7, 11) is 3.80. The molecule has 0 aromatic heterocycles. The number of nitrogens with one attached hydrogen (secondary N) is 2. The first kappa shape index (κ1) is 20.2. The van der Waals surface area contributed by atoms with Crippen molar-refractivity contribution in [2.24, 2.45) is 4.99 Å². The highest BCUT2D eigenvalue weighted by Gasteiger charge is 2.06. The second-order valence-corrected chi connectivity index (χ2v) is 6.36. The van der Waals surface area contributed by atoms with Crippen LogP contribution in [0.15, 0.2) is 46.4 Å². The van der Waals surface area contributed by atoms with Gasteiger partial charge in [-0.2, -0.15) is 0 Å². The average molecular weight is 395 g/mol. The van der Waals surface area contributed by atoms with Crippen molar-refractivity contribution < 1.29 is 4.79 Å². The Hall–Kier alpha value is -1.82. The normalized spacial score (nSPS) is 11.0. The van der Waals surface area contributed by atoms with Crippen LogP contribution in [0.2, 0.25) is 0 Å². The lowest BCUT2D eigenvalue weighted by molar-refractivity contribution is 0.0953. The Bertz CT molecular complexity index is 542. The Balaban J connectivity index is 2.23. The molecular weight excluding hydrogens is 368 g/mol. The van der Waals surface area contributed by atoms with Gasteiger partial charge in [0.2, 0.25) is 0 Å². The third kappa shape index (κ3) is 7.64. The van der Waals surface area contributed by atoms with E-state index in [0.29, 0.717) is 12.1 Å². The number of hydrogen-bond acceptors (Lipinski definition) is 2. The molecule has 0 saturated heterocycles. The number of carbonyl (C=O) groups is 1. The van der Waals surface area contributed by atoms with Crippen molar-refractivity contribution in [1.29, 1.82) is 0 Å². The van der Waals surface area contributed by atoms with Gasteiger partial charge in [-0.3, -0.25) is 9.79 Å². The van der Waals surface area contributed by atoms with E-state index in [4.69, 9.17) is 0 Å². The van der Waals surface area contributed by atoms with Crippen LogP contribution in [0, 0.1) is 0 Å². The van der Waals surface area contributed by atoms with E-state index in [1.165, 1.54) is 0 Å². The molecule has 0 saturated carbocycles. The molecule has 1 amide bonds. The Labute approximate surface area is 153 Å². The first-order chi connectivity index (χ1) is 11.6. The van der Waals surface area contributed by atoms with Gasteiger partial charge < -0.3 is 15.5 Å². The monoisotopic (exact) mass is 394 g/mol. The molecule has 0 fully saturated rings. The highest BCUT2D eigenvalue weighted by Crippen LogP contribution is 2.10. The zero-order valence-electron chi connectivity index (χ0n) is 14.5. The van der Waals surface area contributed by atoms with E-state index in [-0.39, 0.29) is 5.91 Å². The van der Waals surface area contributed by atoms with E-state index in [1.54, 1.807) is 19.2 Å². The van der Waals surface area contributed by atoms with Crippen LogP contribution in [0.5, 0.6) is 0 Å². The van der Waals surface area contributed by atoms with Crippen LogP contribution in [0.25, 0.3) is 0 Å². The van der Waals surface area contributed by atoms with Gasteiger partial charge in [0, 0.05) is 43.8 Å². The van der Waals surface area contributed by atoms with E-state index in [0.717, 1.165) is 42.8 Å². The van der Waals surface area contributed by atoms with Gasteiger partial charge in [0.05, 0.1) is 0 Å². The van der Waals surface area contributed by atoms with Crippen molar-refractivity contribution in [1.82, 2.24) is 15.5 Å². The maximum atomic E-state index is 12.0. The minimum Gasteiger partial charge on any atom is -0.356 e. The highest BCUT2D eigenvalue weighted by atomic mass is 79.9. The molecular formula is C18H27BrN4O. The lowest BCUT2D eigenvalue weighted by atomic mass is 10.2. The number of rotatable bonds is 9. The van der Waals surface area contributed by atoms with Crippen LogP contribution < -0.4 is 10.6 Å². The van der Waals surface area contributed by atoms with Gasteiger partial charge in [-0.05, 0) is 43.5 Å². The van der Waals surface area contributed by atoms with Gasteiger partial charge in [-0.1, -0.05) is 22.0 Å². The fourth-order valence-electron chi connectivity index (χ4n) is 2.16. The zero-order valence-corrected chi connectivity index (χ0v) is 16.1. The second-order valence-electron chi connectivity index (χ2n) is 5.44. The topological polar surface area (TPSA) is 56.7 Å². The predicted octanol–water partition coefficient (Wildman–Crippen LogP) is 3.04. The third-order valence-electron chi connectivity index (χ3n) is 3.50. The summed E-state index contributed by atoms with van der Waals surface area (Å²) in [6, 6.07) is 7.33. The molecule has 0 aliphatic heterocycles. The number of allylic oxidation sites excluding steroid dienone is 1. The van der Waals surface area contributed by atoms with E-state index in [9.17, 15) is 4.79 Å². The molecule has 1 rings (SSSR count). The van der Waals surface area contributed by atoms with Crippen LogP contribution >= 0.6 is 15.9 Å². The molecule has 0 aliphatic carbocycles. The molecule has 5 nitrogen and oxygen atoms in total. The number of halogens is 1. The Morgan fingerprint density at radius 3 is 2.54 bits per heavy atom. The zero-order chi connectivity index (χ0) is 17.8. The summed E-state index contributed by atoms with van der Waals surface area (Å²) in [5, 5.41) is 6.23. The lowest BCUT2D eigenvalue weighted by Gasteiger charge is -2.21. The van der Waals surface area contributed by atoms with Crippen molar-refractivity contribution in [2.75, 3.05) is 33.7 Å². The SMILES string of the molecule is C=CCCCN(C)C(=NC)NCCCNC(=O)c1ccc(Br)cc1.